The summed E-state index contributed by atoms with van der Waals surface area (Å²) in [6.07, 6.45) is 2.79. The van der Waals surface area contributed by atoms with Gasteiger partial charge in [0.25, 0.3) is 0 Å². The molecule has 0 amide bonds. The van der Waals surface area contributed by atoms with E-state index in [0.29, 0.717) is 6.61 Å². The molecule has 0 saturated carbocycles. The zero-order valence-electron chi connectivity index (χ0n) is 8.73. The van der Waals surface area contributed by atoms with Crippen LogP contribution in [0.5, 0.6) is 5.88 Å². The predicted octanol–water partition coefficient (Wildman–Crippen LogP) is 0.174. The topological polar surface area (TPSA) is 94.1 Å². The van der Waals surface area contributed by atoms with Gasteiger partial charge in [0.2, 0.25) is 5.88 Å². The van der Waals surface area contributed by atoms with Gasteiger partial charge in [-0.25, -0.2) is 9.97 Å². The zero-order chi connectivity index (χ0) is 11.3. The van der Waals surface area contributed by atoms with Gasteiger partial charge in [-0.1, -0.05) is 0 Å². The first-order chi connectivity index (χ1) is 7.15. The summed E-state index contributed by atoms with van der Waals surface area (Å²) in [5.41, 5.74) is 5.58. The first kappa shape index (κ1) is 11.4. The van der Waals surface area contributed by atoms with Crippen LogP contribution in [-0.4, -0.2) is 35.6 Å². The second kappa shape index (κ2) is 5.26. The third kappa shape index (κ3) is 3.17. The smallest absolute Gasteiger partial charge is 0.244 e. The van der Waals surface area contributed by atoms with E-state index in [1.54, 1.807) is 7.11 Å². The van der Waals surface area contributed by atoms with Crippen molar-refractivity contribution >= 4 is 5.84 Å². The highest BCUT2D eigenvalue weighted by Crippen LogP contribution is 2.12. The minimum absolute atomic E-state index is 0.162. The summed E-state index contributed by atoms with van der Waals surface area (Å²) in [5, 5.41) is 7.29. The van der Waals surface area contributed by atoms with E-state index in [-0.39, 0.29) is 23.5 Å². The van der Waals surface area contributed by atoms with Crippen LogP contribution in [0.2, 0.25) is 0 Å². The molecule has 6 heteroatoms. The van der Waals surface area contributed by atoms with Gasteiger partial charge in [0.1, 0.15) is 11.9 Å². The number of methoxy groups -OCH3 is 1. The van der Waals surface area contributed by atoms with Crippen molar-refractivity contribution in [3.05, 3.63) is 18.1 Å². The van der Waals surface area contributed by atoms with Gasteiger partial charge in [-0.05, 0) is 6.92 Å². The average Bonchev–Trinajstić information content (AvgIpc) is 2.18. The predicted molar refractivity (Wildman–Crippen MR) is 55.0 cm³/mol. The number of hydrogen-bond acceptors (Lipinski definition) is 5. The molecule has 1 aromatic rings. The molecule has 1 rings (SSSR count). The monoisotopic (exact) mass is 210 g/mol. The molecule has 82 valence electrons. The molecule has 15 heavy (non-hydrogen) atoms. The molecule has 3 N–H and O–H groups in total. The molecule has 0 aromatic carbocycles. The molecule has 0 spiro atoms. The number of nitrogens with zero attached hydrogens (tertiary/aromatic N) is 2. The fourth-order valence-corrected chi connectivity index (χ4v) is 1.06. The molecule has 0 aliphatic carbocycles. The lowest BCUT2D eigenvalue weighted by atomic mass is 10.4. The van der Waals surface area contributed by atoms with E-state index in [2.05, 4.69) is 9.97 Å². The van der Waals surface area contributed by atoms with Crippen molar-refractivity contribution in [3.63, 3.8) is 0 Å². The number of aromatic nitrogens is 2. The number of nitrogens with two attached hydrogens (primary N) is 1. The highest BCUT2D eigenvalue weighted by molar-refractivity contribution is 5.94. The van der Waals surface area contributed by atoms with Crippen LogP contribution in [0.15, 0.2) is 12.4 Å². The van der Waals surface area contributed by atoms with Gasteiger partial charge >= 0.3 is 0 Å². The van der Waals surface area contributed by atoms with E-state index < -0.39 is 0 Å². The number of rotatable bonds is 5. The molecule has 0 fully saturated rings. The SMILES string of the molecule is COCC(C)Oc1nccnc1C(=N)N. The van der Waals surface area contributed by atoms with Crippen molar-refractivity contribution in [2.45, 2.75) is 13.0 Å². The van der Waals surface area contributed by atoms with Crippen LogP contribution in [0.4, 0.5) is 0 Å². The van der Waals surface area contributed by atoms with Crippen molar-refractivity contribution in [2.24, 2.45) is 5.73 Å². The number of nitrogen functional groups attached to an aromatic ring is 1. The summed E-state index contributed by atoms with van der Waals surface area (Å²) in [7, 11) is 1.59. The Morgan fingerprint density at radius 1 is 1.53 bits per heavy atom. The van der Waals surface area contributed by atoms with E-state index in [0.717, 1.165) is 0 Å². The Kier molecular flexibility index (Phi) is 3.99. The zero-order valence-corrected chi connectivity index (χ0v) is 8.73. The van der Waals surface area contributed by atoms with Crippen molar-refractivity contribution < 1.29 is 9.47 Å². The highest BCUT2D eigenvalue weighted by atomic mass is 16.5. The summed E-state index contributed by atoms with van der Waals surface area (Å²) in [6.45, 7) is 2.27. The normalized spacial score (nSPS) is 12.1. The Labute approximate surface area is 87.9 Å². The molecule has 6 nitrogen and oxygen atoms in total. The number of nitrogens with one attached hydrogen (secondary N) is 1. The summed E-state index contributed by atoms with van der Waals surface area (Å²) >= 11 is 0. The summed E-state index contributed by atoms with van der Waals surface area (Å²) < 4.78 is 10.3. The molecular weight excluding hydrogens is 196 g/mol. The molecule has 1 unspecified atom stereocenters. The maximum Gasteiger partial charge on any atom is 0.244 e. The number of amidine groups is 1. The van der Waals surface area contributed by atoms with Gasteiger partial charge in [-0.3, -0.25) is 5.41 Å². The van der Waals surface area contributed by atoms with Crippen LogP contribution in [-0.2, 0) is 4.74 Å². The Morgan fingerprint density at radius 2 is 2.20 bits per heavy atom. The van der Waals surface area contributed by atoms with Crippen LogP contribution in [0.25, 0.3) is 0 Å². The summed E-state index contributed by atoms with van der Waals surface area (Å²) in [6, 6.07) is 0. The van der Waals surface area contributed by atoms with Crippen molar-refractivity contribution in [1.82, 2.24) is 9.97 Å². The third-order valence-corrected chi connectivity index (χ3v) is 1.63. The van der Waals surface area contributed by atoms with Crippen molar-refractivity contribution in [3.8, 4) is 5.88 Å². The molecule has 1 aromatic heterocycles. The minimum Gasteiger partial charge on any atom is -0.471 e. The summed E-state index contributed by atoms with van der Waals surface area (Å²) in [5.74, 6) is 0.0947. The second-order valence-corrected chi connectivity index (χ2v) is 3.01. The van der Waals surface area contributed by atoms with Crippen LogP contribution in [0, 0.1) is 5.41 Å². The van der Waals surface area contributed by atoms with Crippen LogP contribution >= 0.6 is 0 Å². The Morgan fingerprint density at radius 3 is 2.80 bits per heavy atom. The van der Waals surface area contributed by atoms with Crippen LogP contribution in [0.1, 0.15) is 12.6 Å². The van der Waals surface area contributed by atoms with Gasteiger partial charge in [-0.15, -0.1) is 0 Å². The fourth-order valence-electron chi connectivity index (χ4n) is 1.06. The molecule has 0 bridgehead atoms. The van der Waals surface area contributed by atoms with Crippen molar-refractivity contribution in [1.29, 1.82) is 5.41 Å². The minimum atomic E-state index is -0.164. The lowest BCUT2D eigenvalue weighted by Gasteiger charge is -2.14. The number of ether oxygens (including phenoxy) is 2. The maximum absolute atomic E-state index is 7.29. The quantitative estimate of drug-likeness (QED) is 0.534. The van der Waals surface area contributed by atoms with Gasteiger partial charge < -0.3 is 15.2 Å². The van der Waals surface area contributed by atoms with Crippen molar-refractivity contribution in [2.75, 3.05) is 13.7 Å². The van der Waals surface area contributed by atoms with Crippen LogP contribution < -0.4 is 10.5 Å². The molecule has 0 radical (unpaired) electrons. The Balaban J connectivity index is 2.79. The second-order valence-electron chi connectivity index (χ2n) is 3.01. The Bertz CT molecular complexity index is 343. The van der Waals surface area contributed by atoms with Gasteiger partial charge in [0.15, 0.2) is 5.69 Å². The average molecular weight is 210 g/mol. The van der Waals surface area contributed by atoms with E-state index in [4.69, 9.17) is 20.6 Å². The Hall–Kier alpha value is -1.69. The molecule has 0 aliphatic rings. The van der Waals surface area contributed by atoms with Gasteiger partial charge in [0.05, 0.1) is 6.61 Å². The largest absolute Gasteiger partial charge is 0.471 e. The van der Waals surface area contributed by atoms with Gasteiger partial charge in [0, 0.05) is 19.5 Å². The highest BCUT2D eigenvalue weighted by Gasteiger charge is 2.12. The van der Waals surface area contributed by atoms with Gasteiger partial charge in [-0.2, -0.15) is 0 Å². The van der Waals surface area contributed by atoms with E-state index in [9.17, 15) is 0 Å². The summed E-state index contributed by atoms with van der Waals surface area (Å²) in [4.78, 5) is 7.87. The maximum atomic E-state index is 7.29. The molecule has 1 heterocycles. The first-order valence-corrected chi connectivity index (χ1v) is 4.46. The van der Waals surface area contributed by atoms with E-state index in [1.165, 1.54) is 12.4 Å². The van der Waals surface area contributed by atoms with E-state index >= 15 is 0 Å². The molecular formula is C9H14N4O2. The molecule has 0 aliphatic heterocycles. The molecule has 1 atom stereocenters. The lowest BCUT2D eigenvalue weighted by molar-refractivity contribution is 0.0885. The third-order valence-electron chi connectivity index (χ3n) is 1.63. The standard InChI is InChI=1S/C9H14N4O2/c1-6(5-14-2)15-9-7(8(10)11)12-3-4-13-9/h3-4,6H,5H2,1-2H3,(H3,10,11). The molecule has 0 saturated heterocycles. The van der Waals surface area contributed by atoms with Crippen LogP contribution in [0.3, 0.4) is 0 Å². The van der Waals surface area contributed by atoms with E-state index in [1.807, 2.05) is 6.92 Å². The fraction of sp³-hybridized carbons (Fsp3) is 0.444. The first-order valence-electron chi connectivity index (χ1n) is 4.46. The lowest BCUT2D eigenvalue weighted by Crippen LogP contribution is -2.22. The number of hydrogen-bond donors (Lipinski definition) is 2.